The normalized spacial score (nSPS) is 17.2. The van der Waals surface area contributed by atoms with Crippen molar-refractivity contribution in [2.45, 2.75) is 36.7 Å². The Kier molecular flexibility index (Phi) is 6.86. The second-order valence-electron chi connectivity index (χ2n) is 10.1. The van der Waals surface area contributed by atoms with E-state index < -0.39 is 10.0 Å². The van der Waals surface area contributed by atoms with Crippen molar-refractivity contribution in [1.82, 2.24) is 18.7 Å². The van der Waals surface area contributed by atoms with E-state index in [4.69, 9.17) is 16.3 Å². The number of hydrogen-bond donors (Lipinski definition) is 0. The summed E-state index contributed by atoms with van der Waals surface area (Å²) < 4.78 is 38.0. The van der Waals surface area contributed by atoms with E-state index in [0.717, 1.165) is 36.6 Å². The smallest absolute Gasteiger partial charge is 0.316 e. The van der Waals surface area contributed by atoms with Gasteiger partial charge in [0.05, 0.1) is 22.9 Å². The summed E-state index contributed by atoms with van der Waals surface area (Å²) in [7, 11) is -1.73. The lowest BCUT2D eigenvalue weighted by atomic mass is 10.2. The molecule has 2 fully saturated rings. The molecule has 3 heterocycles. The number of nitrogens with zero attached hydrogens (tertiary/aromatic N) is 5. The summed E-state index contributed by atoms with van der Waals surface area (Å²) in [6.07, 6.45) is 7.46. The molecule has 1 aliphatic heterocycles. The molecule has 0 N–H and O–H groups in total. The number of hydrogen-bond acceptors (Lipinski definition) is 6. The molecule has 0 unspecified atom stereocenters. The minimum Gasteiger partial charge on any atom is -0.483 e. The van der Waals surface area contributed by atoms with E-state index in [2.05, 4.69) is 5.10 Å². The van der Waals surface area contributed by atoms with E-state index in [-0.39, 0.29) is 35.4 Å². The average molecular weight is 568 g/mol. The Morgan fingerprint density at radius 3 is 2.51 bits per heavy atom. The van der Waals surface area contributed by atoms with E-state index in [0.29, 0.717) is 29.5 Å². The van der Waals surface area contributed by atoms with E-state index in [1.807, 2.05) is 34.8 Å². The van der Waals surface area contributed by atoms with Gasteiger partial charge in [-0.2, -0.15) is 14.1 Å². The van der Waals surface area contributed by atoms with Crippen LogP contribution in [0.2, 0.25) is 5.02 Å². The van der Waals surface area contributed by atoms with Crippen LogP contribution >= 0.6 is 11.6 Å². The van der Waals surface area contributed by atoms with Crippen molar-refractivity contribution in [2.75, 3.05) is 31.1 Å². The zero-order valence-corrected chi connectivity index (χ0v) is 23.2. The van der Waals surface area contributed by atoms with Gasteiger partial charge in [0.25, 0.3) is 0 Å². The molecule has 0 bridgehead atoms. The predicted molar refractivity (Wildman–Crippen MR) is 152 cm³/mol. The Balaban J connectivity index is 1.27. The largest absolute Gasteiger partial charge is 0.483 e. The van der Waals surface area contributed by atoms with Gasteiger partial charge in [0.2, 0.25) is 15.8 Å². The molecule has 0 spiro atoms. The molecule has 2 aromatic carbocycles. The van der Waals surface area contributed by atoms with Gasteiger partial charge in [0, 0.05) is 55.3 Å². The van der Waals surface area contributed by atoms with Crippen molar-refractivity contribution in [3.05, 3.63) is 76.3 Å². The summed E-state index contributed by atoms with van der Waals surface area (Å²) in [6, 6.07) is 14.1. The van der Waals surface area contributed by atoms with Gasteiger partial charge in [0.1, 0.15) is 5.69 Å². The number of benzene rings is 2. The predicted octanol–water partition coefficient (Wildman–Crippen LogP) is 4.21. The van der Waals surface area contributed by atoms with E-state index >= 15 is 0 Å². The third-order valence-corrected chi connectivity index (χ3v) is 9.76. The van der Waals surface area contributed by atoms with Crippen molar-refractivity contribution in [1.29, 1.82) is 0 Å². The maximum atomic E-state index is 13.6. The fraction of sp³-hybridized carbons (Fsp3) is 0.357. The van der Waals surface area contributed by atoms with Crippen molar-refractivity contribution in [3.8, 4) is 11.4 Å². The van der Waals surface area contributed by atoms with Crippen LogP contribution in [0.4, 0.5) is 5.69 Å². The summed E-state index contributed by atoms with van der Waals surface area (Å²) in [5, 5.41) is 5.83. The quantitative estimate of drug-likeness (QED) is 0.347. The van der Waals surface area contributed by atoms with Crippen molar-refractivity contribution < 1.29 is 13.2 Å². The molecule has 4 aromatic rings. The summed E-state index contributed by atoms with van der Waals surface area (Å²) in [4.78, 5) is 15.9. The van der Waals surface area contributed by atoms with E-state index in [1.54, 1.807) is 42.6 Å². The molecule has 0 atom stereocenters. The number of rotatable bonds is 6. The topological polar surface area (TPSA) is 89.7 Å². The van der Waals surface area contributed by atoms with Crippen LogP contribution in [0.25, 0.3) is 16.6 Å². The Morgan fingerprint density at radius 2 is 1.77 bits per heavy atom. The number of fused-ring (bicyclic) bond motifs is 1. The molecule has 39 heavy (non-hydrogen) atoms. The summed E-state index contributed by atoms with van der Waals surface area (Å²) in [6.45, 7) is 1.40. The fourth-order valence-corrected chi connectivity index (χ4v) is 7.11. The minimum absolute atomic E-state index is 0.0266. The molecule has 0 radical (unpaired) electrons. The Morgan fingerprint density at radius 1 is 1.00 bits per heavy atom. The van der Waals surface area contributed by atoms with Gasteiger partial charge in [-0.1, -0.05) is 17.7 Å². The summed E-state index contributed by atoms with van der Waals surface area (Å²) >= 11 is 6.16. The van der Waals surface area contributed by atoms with Crippen LogP contribution in [0.15, 0.2) is 70.6 Å². The third-order valence-electron chi connectivity index (χ3n) is 7.63. The van der Waals surface area contributed by atoms with Crippen LogP contribution in [0.1, 0.15) is 25.7 Å². The highest BCUT2D eigenvalue weighted by atomic mass is 35.5. The lowest BCUT2D eigenvalue weighted by molar-refractivity contribution is 0.205. The molecule has 11 heteroatoms. The fourth-order valence-electron chi connectivity index (χ4n) is 5.47. The first-order chi connectivity index (χ1) is 18.8. The maximum Gasteiger partial charge on any atom is 0.316 e. The molecule has 9 nitrogen and oxygen atoms in total. The monoisotopic (exact) mass is 567 g/mol. The summed E-state index contributed by atoms with van der Waals surface area (Å²) in [5.41, 5.74) is 1.77. The molecule has 1 aliphatic carbocycles. The van der Waals surface area contributed by atoms with Gasteiger partial charge in [-0.15, -0.1) is 0 Å². The standard InChI is InChI=1S/C28H30ClN5O4S/c1-31-12-11-20-17-24(9-10-25(20)31)39(36,37)33-15-13-32(14-16-33)26-19-30-34(22-6-4-5-21(29)18-22)28(35)27(26)38-23-7-2-3-8-23/h4-6,9-12,17-19,23H,2-3,7-8,13-16H2,1H3. The first-order valence-electron chi connectivity index (χ1n) is 13.2. The van der Waals surface area contributed by atoms with Crippen LogP contribution in [-0.4, -0.2) is 59.4 Å². The Labute approximate surface area is 232 Å². The first-order valence-corrected chi connectivity index (χ1v) is 15.0. The number of sulfonamides is 1. The van der Waals surface area contributed by atoms with E-state index in [9.17, 15) is 13.2 Å². The number of aromatic nitrogens is 3. The number of ether oxygens (including phenoxy) is 1. The van der Waals surface area contributed by atoms with Gasteiger partial charge < -0.3 is 14.2 Å². The van der Waals surface area contributed by atoms with Gasteiger partial charge in [-0.25, -0.2) is 8.42 Å². The van der Waals surface area contributed by atoms with Gasteiger partial charge >= 0.3 is 5.56 Å². The number of anilines is 1. The SMILES string of the molecule is Cn1ccc2cc(S(=O)(=O)N3CCN(c4cnn(-c5cccc(Cl)c5)c(=O)c4OC4CCCC4)CC3)ccc21. The second-order valence-corrected chi connectivity index (χ2v) is 12.5. The van der Waals surface area contributed by atoms with Crippen molar-refractivity contribution in [3.63, 3.8) is 0 Å². The molecular formula is C28H30ClN5O4S. The number of halogens is 1. The van der Waals surface area contributed by atoms with Crippen LogP contribution in [0.3, 0.4) is 0 Å². The third kappa shape index (κ3) is 4.92. The molecule has 0 amide bonds. The van der Waals surface area contributed by atoms with Crippen LogP contribution in [-0.2, 0) is 17.1 Å². The van der Waals surface area contributed by atoms with E-state index in [1.165, 1.54) is 8.99 Å². The molecule has 204 valence electrons. The van der Waals surface area contributed by atoms with Crippen LogP contribution < -0.4 is 15.2 Å². The maximum absolute atomic E-state index is 13.6. The van der Waals surface area contributed by atoms with Crippen molar-refractivity contribution >= 4 is 38.2 Å². The Hall–Kier alpha value is -3.34. The van der Waals surface area contributed by atoms with Gasteiger partial charge in [-0.3, -0.25) is 4.79 Å². The zero-order chi connectivity index (χ0) is 27.1. The highest BCUT2D eigenvalue weighted by Gasteiger charge is 2.31. The molecule has 6 rings (SSSR count). The molecule has 1 saturated heterocycles. The second kappa shape index (κ2) is 10.3. The molecular weight excluding hydrogens is 538 g/mol. The average Bonchev–Trinajstić information content (AvgIpc) is 3.59. The minimum atomic E-state index is -3.66. The lowest BCUT2D eigenvalue weighted by Gasteiger charge is -2.36. The molecule has 2 aromatic heterocycles. The lowest BCUT2D eigenvalue weighted by Crippen LogP contribution is -2.49. The highest BCUT2D eigenvalue weighted by Crippen LogP contribution is 2.31. The zero-order valence-electron chi connectivity index (χ0n) is 21.7. The first kappa shape index (κ1) is 25.9. The van der Waals surface area contributed by atoms with Gasteiger partial charge in [0.15, 0.2) is 0 Å². The number of aryl methyl sites for hydroxylation is 1. The molecule has 1 saturated carbocycles. The van der Waals surface area contributed by atoms with Crippen LogP contribution in [0.5, 0.6) is 5.75 Å². The van der Waals surface area contributed by atoms with Gasteiger partial charge in [-0.05, 0) is 68.1 Å². The Bertz CT molecular complexity index is 1690. The van der Waals surface area contributed by atoms with Crippen molar-refractivity contribution in [2.24, 2.45) is 7.05 Å². The van der Waals surface area contributed by atoms with Crippen LogP contribution in [0, 0.1) is 0 Å². The number of piperazine rings is 1. The molecule has 2 aliphatic rings. The summed E-state index contributed by atoms with van der Waals surface area (Å²) in [5.74, 6) is 0.253. The highest BCUT2D eigenvalue weighted by molar-refractivity contribution is 7.89.